The molecule has 2 rings (SSSR count). The standard InChI is InChI=1S/C16H22N2O2S/c1-3-9-17-11-13-12-21-16(18-13)8-10-20-15-6-4-14(19-2)5-7-15/h4-7,12,17H,3,8-11H2,1-2H3. The molecule has 1 aromatic heterocycles. The second kappa shape index (κ2) is 8.64. The molecule has 1 heterocycles. The molecule has 0 bridgehead atoms. The molecule has 0 fully saturated rings. The second-order valence-corrected chi connectivity index (χ2v) is 5.63. The van der Waals surface area contributed by atoms with E-state index in [0.29, 0.717) is 6.61 Å². The van der Waals surface area contributed by atoms with Gasteiger partial charge in [0.1, 0.15) is 11.5 Å². The maximum absolute atomic E-state index is 5.71. The van der Waals surface area contributed by atoms with Crippen LogP contribution in [0.5, 0.6) is 11.5 Å². The van der Waals surface area contributed by atoms with E-state index >= 15 is 0 Å². The molecule has 0 aliphatic rings. The molecule has 0 radical (unpaired) electrons. The fourth-order valence-corrected chi connectivity index (χ4v) is 2.65. The normalized spacial score (nSPS) is 10.6. The average Bonchev–Trinajstić information content (AvgIpc) is 2.96. The van der Waals surface area contributed by atoms with E-state index in [0.717, 1.165) is 48.1 Å². The Morgan fingerprint density at radius 1 is 1.19 bits per heavy atom. The quantitative estimate of drug-likeness (QED) is 0.722. The summed E-state index contributed by atoms with van der Waals surface area (Å²) in [5.41, 5.74) is 1.12. The Morgan fingerprint density at radius 3 is 2.67 bits per heavy atom. The minimum Gasteiger partial charge on any atom is -0.497 e. The highest BCUT2D eigenvalue weighted by atomic mass is 32.1. The second-order valence-electron chi connectivity index (χ2n) is 4.68. The molecule has 0 spiro atoms. The van der Waals surface area contributed by atoms with Crippen molar-refractivity contribution in [1.29, 1.82) is 0 Å². The van der Waals surface area contributed by atoms with Crippen LogP contribution in [0.2, 0.25) is 0 Å². The lowest BCUT2D eigenvalue weighted by Crippen LogP contribution is -2.14. The van der Waals surface area contributed by atoms with Crippen LogP contribution in [-0.4, -0.2) is 25.2 Å². The van der Waals surface area contributed by atoms with Crippen molar-refractivity contribution in [3.63, 3.8) is 0 Å². The third-order valence-electron chi connectivity index (χ3n) is 2.98. The van der Waals surface area contributed by atoms with Crippen molar-refractivity contribution in [2.45, 2.75) is 26.3 Å². The van der Waals surface area contributed by atoms with Crippen LogP contribution in [0, 0.1) is 0 Å². The van der Waals surface area contributed by atoms with Gasteiger partial charge in [-0.1, -0.05) is 6.92 Å². The Morgan fingerprint density at radius 2 is 1.95 bits per heavy atom. The molecular formula is C16H22N2O2S. The molecular weight excluding hydrogens is 284 g/mol. The summed E-state index contributed by atoms with van der Waals surface area (Å²) in [4.78, 5) is 4.60. The van der Waals surface area contributed by atoms with Crippen molar-refractivity contribution in [3.8, 4) is 11.5 Å². The maximum atomic E-state index is 5.71. The predicted octanol–water partition coefficient (Wildman–Crippen LogP) is 3.27. The Hall–Kier alpha value is -1.59. The van der Waals surface area contributed by atoms with Gasteiger partial charge < -0.3 is 14.8 Å². The number of thiazole rings is 1. The van der Waals surface area contributed by atoms with E-state index in [1.54, 1.807) is 18.4 Å². The highest BCUT2D eigenvalue weighted by Gasteiger charge is 2.02. The SMILES string of the molecule is CCCNCc1csc(CCOc2ccc(OC)cc2)n1. The largest absolute Gasteiger partial charge is 0.497 e. The van der Waals surface area contributed by atoms with Crippen LogP contribution >= 0.6 is 11.3 Å². The summed E-state index contributed by atoms with van der Waals surface area (Å²) in [6, 6.07) is 7.63. The lowest BCUT2D eigenvalue weighted by molar-refractivity contribution is 0.320. The molecule has 0 aliphatic carbocycles. The van der Waals surface area contributed by atoms with E-state index < -0.39 is 0 Å². The monoisotopic (exact) mass is 306 g/mol. The summed E-state index contributed by atoms with van der Waals surface area (Å²) < 4.78 is 10.8. The number of hydrogen-bond donors (Lipinski definition) is 1. The summed E-state index contributed by atoms with van der Waals surface area (Å²) in [6.07, 6.45) is 1.98. The smallest absolute Gasteiger partial charge is 0.119 e. The molecule has 1 N–H and O–H groups in total. The van der Waals surface area contributed by atoms with Crippen LogP contribution < -0.4 is 14.8 Å². The zero-order valence-corrected chi connectivity index (χ0v) is 13.4. The maximum Gasteiger partial charge on any atom is 0.119 e. The van der Waals surface area contributed by atoms with Gasteiger partial charge in [-0.05, 0) is 37.2 Å². The number of ether oxygens (including phenoxy) is 2. The molecule has 0 saturated carbocycles. The Balaban J connectivity index is 1.72. The van der Waals surface area contributed by atoms with Crippen molar-refractivity contribution in [3.05, 3.63) is 40.3 Å². The number of nitrogens with zero attached hydrogens (tertiary/aromatic N) is 1. The molecule has 2 aromatic rings. The molecule has 0 atom stereocenters. The van der Waals surface area contributed by atoms with Gasteiger partial charge in [0.25, 0.3) is 0 Å². The molecule has 21 heavy (non-hydrogen) atoms. The van der Waals surface area contributed by atoms with E-state index in [-0.39, 0.29) is 0 Å². The molecule has 0 saturated heterocycles. The van der Waals surface area contributed by atoms with Crippen molar-refractivity contribution in [1.82, 2.24) is 10.3 Å². The van der Waals surface area contributed by atoms with Crippen molar-refractivity contribution in [2.75, 3.05) is 20.3 Å². The van der Waals surface area contributed by atoms with Crippen LogP contribution in [0.4, 0.5) is 0 Å². The zero-order valence-electron chi connectivity index (χ0n) is 12.6. The van der Waals surface area contributed by atoms with Crippen molar-refractivity contribution in [2.24, 2.45) is 0 Å². The average molecular weight is 306 g/mol. The summed E-state index contributed by atoms with van der Waals surface area (Å²) in [5.74, 6) is 1.70. The zero-order chi connectivity index (χ0) is 14.9. The summed E-state index contributed by atoms with van der Waals surface area (Å²) >= 11 is 1.70. The Bertz CT molecular complexity index is 525. The Kier molecular flexibility index (Phi) is 6.50. The van der Waals surface area contributed by atoms with Crippen LogP contribution in [0.15, 0.2) is 29.6 Å². The van der Waals surface area contributed by atoms with E-state index in [1.165, 1.54) is 0 Å². The summed E-state index contributed by atoms with van der Waals surface area (Å²) in [7, 11) is 1.66. The van der Waals surface area contributed by atoms with E-state index in [2.05, 4.69) is 22.6 Å². The highest BCUT2D eigenvalue weighted by Crippen LogP contribution is 2.17. The van der Waals surface area contributed by atoms with Crippen LogP contribution in [0.1, 0.15) is 24.0 Å². The number of aromatic nitrogens is 1. The fraction of sp³-hybridized carbons (Fsp3) is 0.438. The van der Waals surface area contributed by atoms with Gasteiger partial charge in [0.15, 0.2) is 0 Å². The number of benzene rings is 1. The molecule has 0 unspecified atom stereocenters. The van der Waals surface area contributed by atoms with Gasteiger partial charge >= 0.3 is 0 Å². The fourth-order valence-electron chi connectivity index (χ4n) is 1.87. The van der Waals surface area contributed by atoms with Crippen LogP contribution in [0.3, 0.4) is 0 Å². The molecule has 0 amide bonds. The van der Waals surface area contributed by atoms with Gasteiger partial charge in [-0.25, -0.2) is 4.98 Å². The number of rotatable bonds is 9. The van der Waals surface area contributed by atoms with E-state index in [4.69, 9.17) is 9.47 Å². The minimum absolute atomic E-state index is 0.641. The first-order valence-electron chi connectivity index (χ1n) is 7.22. The number of nitrogens with one attached hydrogen (secondary N) is 1. The van der Waals surface area contributed by atoms with Crippen LogP contribution in [-0.2, 0) is 13.0 Å². The molecule has 4 nitrogen and oxygen atoms in total. The lowest BCUT2D eigenvalue weighted by Gasteiger charge is -2.05. The lowest BCUT2D eigenvalue weighted by atomic mass is 10.3. The van der Waals surface area contributed by atoms with Gasteiger partial charge in [0.2, 0.25) is 0 Å². The van der Waals surface area contributed by atoms with Gasteiger partial charge in [-0.3, -0.25) is 0 Å². The van der Waals surface area contributed by atoms with E-state index in [1.807, 2.05) is 24.3 Å². The minimum atomic E-state index is 0.641. The Labute approximate surface area is 130 Å². The molecule has 114 valence electrons. The number of methoxy groups -OCH3 is 1. The van der Waals surface area contributed by atoms with Gasteiger partial charge in [-0.15, -0.1) is 11.3 Å². The highest BCUT2D eigenvalue weighted by molar-refractivity contribution is 7.09. The van der Waals surface area contributed by atoms with Crippen molar-refractivity contribution < 1.29 is 9.47 Å². The summed E-state index contributed by atoms with van der Waals surface area (Å²) in [5, 5.41) is 6.60. The first kappa shape index (κ1) is 15.8. The van der Waals surface area contributed by atoms with E-state index in [9.17, 15) is 0 Å². The first-order valence-corrected chi connectivity index (χ1v) is 8.10. The number of hydrogen-bond acceptors (Lipinski definition) is 5. The predicted molar refractivity (Wildman–Crippen MR) is 86.3 cm³/mol. The molecule has 0 aliphatic heterocycles. The van der Waals surface area contributed by atoms with Gasteiger partial charge in [0, 0.05) is 18.3 Å². The van der Waals surface area contributed by atoms with Gasteiger partial charge in [0.05, 0.1) is 24.4 Å². The first-order chi connectivity index (χ1) is 10.3. The van der Waals surface area contributed by atoms with Crippen LogP contribution in [0.25, 0.3) is 0 Å². The van der Waals surface area contributed by atoms with Crippen molar-refractivity contribution >= 4 is 11.3 Å². The molecule has 5 heteroatoms. The third kappa shape index (κ3) is 5.36. The topological polar surface area (TPSA) is 43.4 Å². The van der Waals surface area contributed by atoms with Gasteiger partial charge in [-0.2, -0.15) is 0 Å². The summed E-state index contributed by atoms with van der Waals surface area (Å²) in [6.45, 7) is 4.69. The molecule has 1 aromatic carbocycles. The third-order valence-corrected chi connectivity index (χ3v) is 3.93.